The lowest BCUT2D eigenvalue weighted by atomic mass is 9.80. The van der Waals surface area contributed by atoms with Gasteiger partial charge in [-0.1, -0.05) is 26.2 Å². The molecule has 0 amide bonds. The van der Waals surface area contributed by atoms with Crippen LogP contribution in [0.25, 0.3) is 0 Å². The fourth-order valence-electron chi connectivity index (χ4n) is 3.59. The van der Waals surface area contributed by atoms with Crippen molar-refractivity contribution in [1.29, 1.82) is 0 Å². The highest BCUT2D eigenvalue weighted by Crippen LogP contribution is 2.31. The summed E-state index contributed by atoms with van der Waals surface area (Å²) in [5.41, 5.74) is 0. The minimum absolute atomic E-state index is 0.111. The Hall–Kier alpha value is -0.610. The summed E-state index contributed by atoms with van der Waals surface area (Å²) >= 11 is 0. The topological polar surface area (TPSA) is 38.8 Å². The number of rotatable bonds is 5. The zero-order chi connectivity index (χ0) is 14.4. The summed E-state index contributed by atoms with van der Waals surface area (Å²) in [6.45, 7) is 5.49. The highest BCUT2D eigenvalue weighted by atomic mass is 16.5. The molecule has 4 heteroatoms. The monoisotopic (exact) mass is 283 g/mol. The van der Waals surface area contributed by atoms with Crippen LogP contribution >= 0.6 is 0 Å². The first kappa shape index (κ1) is 15.8. The van der Waals surface area contributed by atoms with Gasteiger partial charge < -0.3 is 9.47 Å². The number of hydrogen-bond donors (Lipinski definition) is 0. The molecule has 1 saturated heterocycles. The summed E-state index contributed by atoms with van der Waals surface area (Å²) in [4.78, 5) is 14.1. The smallest absolute Gasteiger partial charge is 0.319 e. The summed E-state index contributed by atoms with van der Waals surface area (Å²) in [5, 5.41) is 0. The summed E-state index contributed by atoms with van der Waals surface area (Å²) in [7, 11) is 1.48. The van der Waals surface area contributed by atoms with Crippen molar-refractivity contribution in [3.63, 3.8) is 0 Å². The molecule has 2 atom stereocenters. The Labute approximate surface area is 122 Å². The predicted octanol–water partition coefficient (Wildman–Crippen LogP) is 2.47. The lowest BCUT2D eigenvalue weighted by Gasteiger charge is -2.38. The van der Waals surface area contributed by atoms with Crippen LogP contribution in [0.4, 0.5) is 0 Å². The van der Waals surface area contributed by atoms with Gasteiger partial charge in [-0.3, -0.25) is 9.69 Å². The molecule has 0 spiro atoms. The van der Waals surface area contributed by atoms with Crippen LogP contribution in [0.15, 0.2) is 0 Å². The van der Waals surface area contributed by atoms with Crippen LogP contribution in [0.2, 0.25) is 0 Å². The van der Waals surface area contributed by atoms with Gasteiger partial charge in [-0.2, -0.15) is 0 Å². The van der Waals surface area contributed by atoms with E-state index in [1.165, 1.54) is 32.8 Å². The Morgan fingerprint density at radius 1 is 1.20 bits per heavy atom. The van der Waals surface area contributed by atoms with Crippen molar-refractivity contribution in [3.05, 3.63) is 0 Å². The zero-order valence-electron chi connectivity index (χ0n) is 13.0. The number of methoxy groups -OCH3 is 1. The van der Waals surface area contributed by atoms with Crippen LogP contribution in [0.5, 0.6) is 0 Å². The number of ether oxygens (including phenoxy) is 2. The summed E-state index contributed by atoms with van der Waals surface area (Å²) in [6.07, 6.45) is 7.43. The highest BCUT2D eigenvalue weighted by molar-refractivity contribution is 5.71. The lowest BCUT2D eigenvalue weighted by molar-refractivity contribution is -0.143. The number of esters is 1. The van der Waals surface area contributed by atoms with Crippen molar-refractivity contribution in [3.8, 4) is 0 Å². The van der Waals surface area contributed by atoms with Crippen LogP contribution < -0.4 is 0 Å². The highest BCUT2D eigenvalue weighted by Gasteiger charge is 2.29. The van der Waals surface area contributed by atoms with E-state index in [-0.39, 0.29) is 5.97 Å². The minimum Gasteiger partial charge on any atom is -0.468 e. The minimum atomic E-state index is -0.111. The fraction of sp³-hybridized carbons (Fsp3) is 0.938. The van der Waals surface area contributed by atoms with E-state index < -0.39 is 0 Å². The van der Waals surface area contributed by atoms with Gasteiger partial charge in [-0.15, -0.1) is 0 Å². The Kier molecular flexibility index (Phi) is 6.30. The van der Waals surface area contributed by atoms with Crippen molar-refractivity contribution in [2.75, 3.05) is 33.4 Å². The first-order valence-electron chi connectivity index (χ1n) is 8.09. The van der Waals surface area contributed by atoms with Crippen LogP contribution in [0.1, 0.15) is 45.4 Å². The Balaban J connectivity index is 1.95. The molecule has 4 nitrogen and oxygen atoms in total. The second-order valence-corrected chi connectivity index (χ2v) is 6.37. The van der Waals surface area contributed by atoms with Crippen molar-refractivity contribution >= 4 is 5.97 Å². The molecule has 0 bridgehead atoms. The quantitative estimate of drug-likeness (QED) is 0.727. The van der Waals surface area contributed by atoms with Gasteiger partial charge in [0.25, 0.3) is 0 Å². The number of carbonyl (C=O) groups excluding carboxylic acids is 1. The van der Waals surface area contributed by atoms with Gasteiger partial charge in [0.2, 0.25) is 0 Å². The third-order valence-electron chi connectivity index (χ3n) is 5.03. The maximum atomic E-state index is 11.7. The molecule has 116 valence electrons. The Morgan fingerprint density at radius 3 is 2.55 bits per heavy atom. The van der Waals surface area contributed by atoms with Gasteiger partial charge in [0.05, 0.1) is 13.7 Å². The van der Waals surface area contributed by atoms with Gasteiger partial charge >= 0.3 is 5.97 Å². The average molecular weight is 283 g/mol. The standard InChI is InChI=1S/C16H29NO3/c1-13-5-3-4-6-14(13)11-17(12-16(18)19-2)15-7-9-20-10-8-15/h13-15H,3-12H2,1-2H3/t13-,14+/m0/s1. The molecule has 0 aromatic heterocycles. The molecule has 20 heavy (non-hydrogen) atoms. The molecule has 0 aromatic carbocycles. The molecule has 1 saturated carbocycles. The van der Waals surface area contributed by atoms with Crippen molar-refractivity contribution < 1.29 is 14.3 Å². The van der Waals surface area contributed by atoms with E-state index >= 15 is 0 Å². The lowest BCUT2D eigenvalue weighted by Crippen LogP contribution is -2.46. The van der Waals surface area contributed by atoms with E-state index in [9.17, 15) is 4.79 Å². The zero-order valence-corrected chi connectivity index (χ0v) is 13.0. The third-order valence-corrected chi connectivity index (χ3v) is 5.03. The summed E-state index contributed by atoms with van der Waals surface area (Å²) in [5.74, 6) is 1.40. The van der Waals surface area contributed by atoms with E-state index in [0.29, 0.717) is 12.6 Å². The normalized spacial score (nSPS) is 28.6. The van der Waals surface area contributed by atoms with Gasteiger partial charge in [-0.25, -0.2) is 0 Å². The largest absolute Gasteiger partial charge is 0.468 e. The molecule has 2 rings (SSSR count). The first-order valence-corrected chi connectivity index (χ1v) is 8.09. The van der Waals surface area contributed by atoms with Gasteiger partial charge in [0.1, 0.15) is 0 Å². The van der Waals surface area contributed by atoms with Crippen LogP contribution in [0.3, 0.4) is 0 Å². The Morgan fingerprint density at radius 2 is 1.90 bits per heavy atom. The van der Waals surface area contributed by atoms with Crippen molar-refractivity contribution in [2.24, 2.45) is 11.8 Å². The van der Waals surface area contributed by atoms with E-state index in [2.05, 4.69) is 11.8 Å². The second kappa shape index (κ2) is 7.99. The number of carbonyl (C=O) groups is 1. The molecule has 0 radical (unpaired) electrons. The molecule has 0 aromatic rings. The summed E-state index contributed by atoms with van der Waals surface area (Å²) in [6, 6.07) is 0.483. The van der Waals surface area contributed by atoms with Crippen molar-refractivity contribution in [1.82, 2.24) is 4.90 Å². The van der Waals surface area contributed by atoms with E-state index in [4.69, 9.17) is 9.47 Å². The predicted molar refractivity (Wildman–Crippen MR) is 78.6 cm³/mol. The molecular weight excluding hydrogens is 254 g/mol. The van der Waals surface area contributed by atoms with Gasteiger partial charge in [-0.05, 0) is 31.1 Å². The number of hydrogen-bond acceptors (Lipinski definition) is 4. The van der Waals surface area contributed by atoms with Crippen LogP contribution in [-0.2, 0) is 14.3 Å². The molecule has 2 fully saturated rings. The first-order chi connectivity index (χ1) is 9.70. The maximum absolute atomic E-state index is 11.7. The Bertz CT molecular complexity index is 302. The molecule has 1 aliphatic carbocycles. The third kappa shape index (κ3) is 4.45. The average Bonchev–Trinajstić information content (AvgIpc) is 2.49. The number of nitrogens with zero attached hydrogens (tertiary/aromatic N) is 1. The van der Waals surface area contributed by atoms with Gasteiger partial charge in [0, 0.05) is 25.8 Å². The molecule has 0 N–H and O–H groups in total. The van der Waals surface area contributed by atoms with Crippen LogP contribution in [0, 0.1) is 11.8 Å². The molecule has 2 aliphatic rings. The van der Waals surface area contributed by atoms with E-state index in [1.54, 1.807) is 0 Å². The molecule has 1 aliphatic heterocycles. The van der Waals surface area contributed by atoms with E-state index in [1.807, 2.05) is 0 Å². The molecule has 0 unspecified atom stereocenters. The van der Waals surface area contributed by atoms with E-state index in [0.717, 1.165) is 44.4 Å². The van der Waals surface area contributed by atoms with Crippen molar-refractivity contribution in [2.45, 2.75) is 51.5 Å². The molecule has 1 heterocycles. The summed E-state index contributed by atoms with van der Waals surface area (Å²) < 4.78 is 10.3. The SMILES string of the molecule is COC(=O)CN(C[C@H]1CCCC[C@@H]1C)C1CCOCC1. The second-order valence-electron chi connectivity index (χ2n) is 6.37. The maximum Gasteiger partial charge on any atom is 0.319 e. The van der Waals surface area contributed by atoms with Gasteiger partial charge in [0.15, 0.2) is 0 Å². The van der Waals surface area contributed by atoms with Crippen LogP contribution in [-0.4, -0.2) is 50.3 Å². The molecular formula is C16H29NO3. The fourth-order valence-corrected chi connectivity index (χ4v) is 3.59.